The first kappa shape index (κ1) is 24.1. The molecule has 0 radical (unpaired) electrons. The Labute approximate surface area is 213 Å². The van der Waals surface area contributed by atoms with E-state index in [1.165, 1.54) is 22.0 Å². The van der Waals surface area contributed by atoms with Crippen molar-refractivity contribution >= 4 is 16.8 Å². The standard InChI is InChI=1S/C31H35N3O2/c1-3-32-17-19-33(20-18-32)31(35)21-28(25-13-15-26(36-2)16-14-25)29-23-34(22-24-9-5-4-6-10-24)30-12-8-7-11-27(29)30/h4-16,23,28H,3,17-22H2,1-2H3/t28-/m1/s1. The summed E-state index contributed by atoms with van der Waals surface area (Å²) in [5.74, 6) is 1.02. The van der Waals surface area contributed by atoms with Gasteiger partial charge in [-0.3, -0.25) is 4.79 Å². The summed E-state index contributed by atoms with van der Waals surface area (Å²) in [6, 6.07) is 27.3. The van der Waals surface area contributed by atoms with Crippen LogP contribution in [0.3, 0.4) is 0 Å². The van der Waals surface area contributed by atoms with Crippen LogP contribution in [0.5, 0.6) is 5.75 Å². The Kier molecular flexibility index (Phi) is 7.38. The second kappa shape index (κ2) is 11.0. The van der Waals surface area contributed by atoms with E-state index in [9.17, 15) is 4.79 Å². The molecule has 1 saturated heterocycles. The van der Waals surface area contributed by atoms with Gasteiger partial charge in [0, 0.05) is 62.2 Å². The molecule has 36 heavy (non-hydrogen) atoms. The zero-order chi connectivity index (χ0) is 24.9. The molecule has 186 valence electrons. The van der Waals surface area contributed by atoms with Gasteiger partial charge in [0.05, 0.1) is 7.11 Å². The van der Waals surface area contributed by atoms with E-state index in [2.05, 4.69) is 83.3 Å². The molecule has 5 heteroatoms. The third-order valence-electron chi connectivity index (χ3n) is 7.46. The van der Waals surface area contributed by atoms with Crippen molar-refractivity contribution in [3.63, 3.8) is 0 Å². The number of ether oxygens (including phenoxy) is 1. The highest BCUT2D eigenvalue weighted by atomic mass is 16.5. The number of piperazine rings is 1. The van der Waals surface area contributed by atoms with Crippen LogP contribution >= 0.6 is 0 Å². The Balaban J connectivity index is 1.51. The Morgan fingerprint density at radius 2 is 1.58 bits per heavy atom. The molecule has 5 rings (SSSR count). The largest absolute Gasteiger partial charge is 0.497 e. The van der Waals surface area contributed by atoms with Crippen LogP contribution in [-0.4, -0.2) is 60.1 Å². The molecule has 0 saturated carbocycles. The van der Waals surface area contributed by atoms with Gasteiger partial charge in [-0.15, -0.1) is 0 Å². The van der Waals surface area contributed by atoms with E-state index in [1.807, 2.05) is 23.1 Å². The summed E-state index contributed by atoms with van der Waals surface area (Å²) < 4.78 is 7.73. The summed E-state index contributed by atoms with van der Waals surface area (Å²) in [6.07, 6.45) is 2.71. The molecular formula is C31H35N3O2. The van der Waals surface area contributed by atoms with E-state index in [4.69, 9.17) is 4.74 Å². The average Bonchev–Trinajstić information content (AvgIpc) is 3.30. The van der Waals surface area contributed by atoms with Crippen LogP contribution < -0.4 is 4.74 Å². The van der Waals surface area contributed by atoms with Gasteiger partial charge in [-0.25, -0.2) is 0 Å². The number of methoxy groups -OCH3 is 1. The normalized spacial score (nSPS) is 15.2. The third-order valence-corrected chi connectivity index (χ3v) is 7.46. The number of hydrogen-bond donors (Lipinski definition) is 0. The van der Waals surface area contributed by atoms with Crippen molar-refractivity contribution in [2.45, 2.75) is 25.8 Å². The number of carbonyl (C=O) groups is 1. The van der Waals surface area contributed by atoms with Crippen molar-refractivity contribution in [1.82, 2.24) is 14.4 Å². The van der Waals surface area contributed by atoms with Crippen LogP contribution in [-0.2, 0) is 11.3 Å². The molecule has 0 unspecified atom stereocenters. The molecular weight excluding hydrogens is 446 g/mol. The lowest BCUT2D eigenvalue weighted by Gasteiger charge is -2.34. The van der Waals surface area contributed by atoms with E-state index in [-0.39, 0.29) is 11.8 Å². The van der Waals surface area contributed by atoms with Crippen molar-refractivity contribution in [3.05, 3.63) is 102 Å². The Hall–Kier alpha value is -3.57. The van der Waals surface area contributed by atoms with Crippen molar-refractivity contribution in [3.8, 4) is 5.75 Å². The lowest BCUT2D eigenvalue weighted by Crippen LogP contribution is -2.48. The lowest BCUT2D eigenvalue weighted by atomic mass is 9.87. The van der Waals surface area contributed by atoms with Gasteiger partial charge in [0.25, 0.3) is 0 Å². The van der Waals surface area contributed by atoms with Crippen molar-refractivity contribution in [2.75, 3.05) is 39.8 Å². The van der Waals surface area contributed by atoms with Crippen LogP contribution in [0, 0.1) is 0 Å². The minimum atomic E-state index is -0.0328. The molecule has 0 spiro atoms. The lowest BCUT2D eigenvalue weighted by molar-refractivity contribution is -0.133. The number of carbonyl (C=O) groups excluding carboxylic acids is 1. The van der Waals surface area contributed by atoms with Gasteiger partial charge in [0.1, 0.15) is 5.75 Å². The minimum Gasteiger partial charge on any atom is -0.497 e. The SMILES string of the molecule is CCN1CCN(C(=O)C[C@H](c2ccc(OC)cc2)c2cn(Cc3ccccc3)c3ccccc23)CC1. The summed E-state index contributed by atoms with van der Waals surface area (Å²) in [7, 11) is 1.68. The molecule has 0 N–H and O–H groups in total. The van der Waals surface area contributed by atoms with E-state index in [0.29, 0.717) is 6.42 Å². The van der Waals surface area contributed by atoms with Crippen molar-refractivity contribution in [1.29, 1.82) is 0 Å². The molecule has 1 aliphatic heterocycles. The summed E-state index contributed by atoms with van der Waals surface area (Å²) >= 11 is 0. The smallest absolute Gasteiger partial charge is 0.223 e. The summed E-state index contributed by atoms with van der Waals surface area (Å²) in [4.78, 5) is 18.0. The molecule has 2 heterocycles. The van der Waals surface area contributed by atoms with E-state index >= 15 is 0 Å². The van der Waals surface area contributed by atoms with Gasteiger partial charge in [0.2, 0.25) is 5.91 Å². The maximum absolute atomic E-state index is 13.6. The van der Waals surface area contributed by atoms with Gasteiger partial charge < -0.3 is 19.1 Å². The summed E-state index contributed by atoms with van der Waals surface area (Å²) in [5.41, 5.74) is 4.79. The van der Waals surface area contributed by atoms with Crippen LogP contribution in [0.25, 0.3) is 10.9 Å². The van der Waals surface area contributed by atoms with Gasteiger partial charge in [-0.05, 0) is 41.4 Å². The highest BCUT2D eigenvalue weighted by Gasteiger charge is 2.27. The molecule has 0 aliphatic carbocycles. The van der Waals surface area contributed by atoms with Crippen molar-refractivity contribution in [2.24, 2.45) is 0 Å². The van der Waals surface area contributed by atoms with Gasteiger partial charge in [0.15, 0.2) is 0 Å². The highest BCUT2D eigenvalue weighted by molar-refractivity contribution is 5.87. The van der Waals surface area contributed by atoms with Crippen LogP contribution in [0.2, 0.25) is 0 Å². The number of likely N-dealkylation sites (N-methyl/N-ethyl adjacent to an activating group) is 1. The number of aromatic nitrogens is 1. The molecule has 1 fully saturated rings. The monoisotopic (exact) mass is 481 g/mol. The first-order valence-electron chi connectivity index (χ1n) is 12.9. The zero-order valence-corrected chi connectivity index (χ0v) is 21.3. The maximum atomic E-state index is 13.6. The number of fused-ring (bicyclic) bond motifs is 1. The predicted octanol–water partition coefficient (Wildman–Crippen LogP) is 5.38. The third kappa shape index (κ3) is 5.17. The fourth-order valence-electron chi connectivity index (χ4n) is 5.32. The van der Waals surface area contributed by atoms with Crippen LogP contribution in [0.1, 0.15) is 36.0 Å². The molecule has 1 aromatic heterocycles. The topological polar surface area (TPSA) is 37.7 Å². The summed E-state index contributed by atoms with van der Waals surface area (Å²) in [5, 5.41) is 1.21. The number of para-hydroxylation sites is 1. The van der Waals surface area contributed by atoms with E-state index < -0.39 is 0 Å². The predicted molar refractivity (Wildman–Crippen MR) is 146 cm³/mol. The van der Waals surface area contributed by atoms with Crippen LogP contribution in [0.4, 0.5) is 0 Å². The Bertz CT molecular complexity index is 1290. The number of hydrogen-bond acceptors (Lipinski definition) is 3. The quantitative estimate of drug-likeness (QED) is 0.339. The highest BCUT2D eigenvalue weighted by Crippen LogP contribution is 2.36. The first-order valence-corrected chi connectivity index (χ1v) is 12.9. The van der Waals surface area contributed by atoms with Crippen molar-refractivity contribution < 1.29 is 9.53 Å². The number of amides is 1. The second-order valence-electron chi connectivity index (χ2n) is 9.56. The van der Waals surface area contributed by atoms with E-state index in [1.54, 1.807) is 7.11 Å². The molecule has 5 nitrogen and oxygen atoms in total. The second-order valence-corrected chi connectivity index (χ2v) is 9.56. The van der Waals surface area contributed by atoms with Crippen LogP contribution in [0.15, 0.2) is 85.1 Å². The zero-order valence-electron chi connectivity index (χ0n) is 21.3. The molecule has 4 aromatic rings. The molecule has 0 bridgehead atoms. The summed E-state index contributed by atoms with van der Waals surface area (Å²) in [6.45, 7) is 7.52. The molecule has 1 atom stereocenters. The Morgan fingerprint density at radius 3 is 2.28 bits per heavy atom. The number of rotatable bonds is 8. The van der Waals surface area contributed by atoms with Gasteiger partial charge >= 0.3 is 0 Å². The average molecular weight is 482 g/mol. The first-order chi connectivity index (χ1) is 17.7. The fraction of sp³-hybridized carbons (Fsp3) is 0.323. The molecule has 1 aliphatic rings. The number of nitrogens with zero attached hydrogens (tertiary/aromatic N) is 3. The van der Waals surface area contributed by atoms with E-state index in [0.717, 1.165) is 50.6 Å². The minimum absolute atomic E-state index is 0.0328. The fourth-order valence-corrected chi connectivity index (χ4v) is 5.32. The maximum Gasteiger partial charge on any atom is 0.223 e. The Morgan fingerprint density at radius 1 is 0.889 bits per heavy atom. The number of benzene rings is 3. The molecule has 3 aromatic carbocycles. The van der Waals surface area contributed by atoms with Gasteiger partial charge in [-0.2, -0.15) is 0 Å². The molecule has 1 amide bonds. The van der Waals surface area contributed by atoms with Gasteiger partial charge in [-0.1, -0.05) is 67.6 Å².